The lowest BCUT2D eigenvalue weighted by Crippen LogP contribution is -2.14. The third-order valence-electron chi connectivity index (χ3n) is 4.77. The fourth-order valence-electron chi connectivity index (χ4n) is 3.21. The molecule has 1 amide bonds. The summed E-state index contributed by atoms with van der Waals surface area (Å²) in [6, 6.07) is 19.8. The summed E-state index contributed by atoms with van der Waals surface area (Å²) in [5.41, 5.74) is 2.18. The van der Waals surface area contributed by atoms with E-state index in [1.807, 2.05) is 34.9 Å². The Hall–Kier alpha value is -3.20. The minimum Gasteiger partial charge on any atom is -0.497 e. The SMILES string of the molecule is COc1cc(NC(=O)CSc2nnc(-c3cccc(Cl)c3)n2-c2ccc(Cl)cc2)cc(OC)c1. The molecule has 0 atom stereocenters. The molecule has 0 aliphatic heterocycles. The summed E-state index contributed by atoms with van der Waals surface area (Å²) in [7, 11) is 3.11. The second-order valence-electron chi connectivity index (χ2n) is 7.07. The highest BCUT2D eigenvalue weighted by Crippen LogP contribution is 2.30. The average molecular weight is 515 g/mol. The molecule has 0 aliphatic rings. The number of hydrogen-bond acceptors (Lipinski definition) is 6. The first-order valence-electron chi connectivity index (χ1n) is 10.1. The quantitative estimate of drug-likeness (QED) is 0.291. The molecule has 0 saturated carbocycles. The summed E-state index contributed by atoms with van der Waals surface area (Å²) in [5, 5.41) is 13.3. The van der Waals surface area contributed by atoms with Gasteiger partial charge in [0.15, 0.2) is 11.0 Å². The molecule has 0 bridgehead atoms. The molecule has 10 heteroatoms. The van der Waals surface area contributed by atoms with E-state index in [4.69, 9.17) is 32.7 Å². The molecule has 0 saturated heterocycles. The number of rotatable bonds is 8. The van der Waals surface area contributed by atoms with Gasteiger partial charge in [0.25, 0.3) is 0 Å². The van der Waals surface area contributed by atoms with Crippen molar-refractivity contribution in [3.63, 3.8) is 0 Å². The van der Waals surface area contributed by atoms with Crippen molar-refractivity contribution < 1.29 is 14.3 Å². The van der Waals surface area contributed by atoms with E-state index in [0.29, 0.717) is 38.2 Å². The van der Waals surface area contributed by atoms with Crippen molar-refractivity contribution in [1.29, 1.82) is 0 Å². The Morgan fingerprint density at radius 1 is 0.941 bits per heavy atom. The van der Waals surface area contributed by atoms with Crippen LogP contribution in [0.25, 0.3) is 17.1 Å². The first kappa shape index (κ1) is 23.9. The van der Waals surface area contributed by atoms with Crippen molar-refractivity contribution in [2.75, 3.05) is 25.3 Å². The summed E-state index contributed by atoms with van der Waals surface area (Å²) in [4.78, 5) is 12.7. The zero-order valence-electron chi connectivity index (χ0n) is 18.3. The molecule has 0 aliphatic carbocycles. The fraction of sp³-hybridized carbons (Fsp3) is 0.125. The van der Waals surface area contributed by atoms with Gasteiger partial charge in [0.05, 0.1) is 20.0 Å². The smallest absolute Gasteiger partial charge is 0.234 e. The molecule has 4 rings (SSSR count). The minimum atomic E-state index is -0.213. The van der Waals surface area contributed by atoms with Crippen LogP contribution >= 0.6 is 35.0 Å². The molecule has 174 valence electrons. The van der Waals surface area contributed by atoms with Crippen LogP contribution in [0.15, 0.2) is 71.9 Å². The van der Waals surface area contributed by atoms with Crippen LogP contribution in [0, 0.1) is 0 Å². The Morgan fingerprint density at radius 3 is 2.29 bits per heavy atom. The normalized spacial score (nSPS) is 10.7. The van der Waals surface area contributed by atoms with Gasteiger partial charge in [-0.05, 0) is 36.4 Å². The van der Waals surface area contributed by atoms with Crippen molar-refractivity contribution in [3.05, 3.63) is 76.8 Å². The molecule has 0 unspecified atom stereocenters. The van der Waals surface area contributed by atoms with E-state index >= 15 is 0 Å². The summed E-state index contributed by atoms with van der Waals surface area (Å²) >= 11 is 13.5. The van der Waals surface area contributed by atoms with E-state index in [2.05, 4.69) is 15.5 Å². The Balaban J connectivity index is 1.58. The topological polar surface area (TPSA) is 78.3 Å². The molecule has 1 N–H and O–H groups in total. The predicted molar refractivity (Wildman–Crippen MR) is 136 cm³/mol. The van der Waals surface area contributed by atoms with Gasteiger partial charge in [-0.15, -0.1) is 10.2 Å². The van der Waals surface area contributed by atoms with Crippen LogP contribution in [0.2, 0.25) is 10.0 Å². The van der Waals surface area contributed by atoms with E-state index < -0.39 is 0 Å². The molecule has 0 spiro atoms. The van der Waals surface area contributed by atoms with Crippen LogP contribution in [0.5, 0.6) is 11.5 Å². The monoisotopic (exact) mass is 514 g/mol. The Labute approximate surface area is 211 Å². The van der Waals surface area contributed by atoms with Gasteiger partial charge in [0.1, 0.15) is 11.5 Å². The van der Waals surface area contributed by atoms with E-state index in [1.165, 1.54) is 11.8 Å². The van der Waals surface area contributed by atoms with Crippen molar-refractivity contribution in [2.24, 2.45) is 0 Å². The third-order valence-corrected chi connectivity index (χ3v) is 6.18. The van der Waals surface area contributed by atoms with Crippen LogP contribution in [-0.2, 0) is 4.79 Å². The number of carbonyl (C=O) groups is 1. The first-order chi connectivity index (χ1) is 16.5. The highest BCUT2D eigenvalue weighted by molar-refractivity contribution is 7.99. The average Bonchev–Trinajstić information content (AvgIpc) is 3.27. The number of halogens is 2. The van der Waals surface area contributed by atoms with E-state index in [0.717, 1.165) is 11.3 Å². The standard InChI is InChI=1S/C24H20Cl2N4O3S/c1-32-20-11-18(12-21(13-20)33-2)27-22(31)14-34-24-29-28-23(15-4-3-5-17(26)10-15)30(24)19-8-6-16(25)7-9-19/h3-13H,14H2,1-2H3,(H,27,31). The molecule has 34 heavy (non-hydrogen) atoms. The molecular formula is C24H20Cl2N4O3S. The number of methoxy groups -OCH3 is 2. The summed E-state index contributed by atoms with van der Waals surface area (Å²) in [5.74, 6) is 1.66. The third kappa shape index (κ3) is 5.64. The lowest BCUT2D eigenvalue weighted by atomic mass is 10.2. The minimum absolute atomic E-state index is 0.112. The number of aromatic nitrogens is 3. The molecular weight excluding hydrogens is 495 g/mol. The number of thioether (sulfide) groups is 1. The highest BCUT2D eigenvalue weighted by atomic mass is 35.5. The number of hydrogen-bond donors (Lipinski definition) is 1. The lowest BCUT2D eigenvalue weighted by molar-refractivity contribution is -0.113. The number of carbonyl (C=O) groups excluding carboxylic acids is 1. The second kappa shape index (κ2) is 10.8. The molecule has 1 heterocycles. The van der Waals surface area contributed by atoms with Gasteiger partial charge in [-0.3, -0.25) is 9.36 Å². The summed E-state index contributed by atoms with van der Waals surface area (Å²) in [6.45, 7) is 0. The Morgan fingerprint density at radius 2 is 1.65 bits per heavy atom. The largest absolute Gasteiger partial charge is 0.497 e. The predicted octanol–water partition coefficient (Wildman–Crippen LogP) is 5.99. The summed E-state index contributed by atoms with van der Waals surface area (Å²) in [6.07, 6.45) is 0. The molecule has 4 aromatic rings. The lowest BCUT2D eigenvalue weighted by Gasteiger charge is -2.12. The first-order valence-corrected chi connectivity index (χ1v) is 11.8. The van der Waals surface area contributed by atoms with Crippen LogP contribution in [0.4, 0.5) is 5.69 Å². The van der Waals surface area contributed by atoms with Gasteiger partial charge >= 0.3 is 0 Å². The summed E-state index contributed by atoms with van der Waals surface area (Å²) < 4.78 is 12.4. The van der Waals surface area contributed by atoms with Crippen LogP contribution in [0.3, 0.4) is 0 Å². The van der Waals surface area contributed by atoms with Crippen LogP contribution in [0.1, 0.15) is 0 Å². The molecule has 1 aromatic heterocycles. The molecule has 3 aromatic carbocycles. The van der Waals surface area contributed by atoms with Gasteiger partial charge in [-0.25, -0.2) is 0 Å². The van der Waals surface area contributed by atoms with Crippen molar-refractivity contribution >= 4 is 46.6 Å². The maximum Gasteiger partial charge on any atom is 0.234 e. The van der Waals surface area contributed by atoms with E-state index in [-0.39, 0.29) is 11.7 Å². The number of amides is 1. The van der Waals surface area contributed by atoms with E-state index in [9.17, 15) is 4.79 Å². The van der Waals surface area contributed by atoms with Crippen LogP contribution in [-0.4, -0.2) is 40.6 Å². The Bertz CT molecular complexity index is 1290. The molecule has 0 radical (unpaired) electrons. The van der Waals surface area contributed by atoms with Crippen LogP contribution < -0.4 is 14.8 Å². The zero-order valence-corrected chi connectivity index (χ0v) is 20.6. The van der Waals surface area contributed by atoms with Gasteiger partial charge < -0.3 is 14.8 Å². The van der Waals surface area contributed by atoms with Crippen molar-refractivity contribution in [2.45, 2.75) is 5.16 Å². The second-order valence-corrected chi connectivity index (χ2v) is 8.88. The zero-order chi connectivity index (χ0) is 24.1. The number of anilines is 1. The van der Waals surface area contributed by atoms with Crippen molar-refractivity contribution in [1.82, 2.24) is 14.8 Å². The highest BCUT2D eigenvalue weighted by Gasteiger charge is 2.18. The molecule has 7 nitrogen and oxygen atoms in total. The number of ether oxygens (including phenoxy) is 2. The van der Waals surface area contributed by atoms with Crippen molar-refractivity contribution in [3.8, 4) is 28.6 Å². The maximum atomic E-state index is 12.7. The van der Waals surface area contributed by atoms with Gasteiger partial charge in [0, 0.05) is 45.2 Å². The van der Waals surface area contributed by atoms with E-state index in [1.54, 1.807) is 50.6 Å². The fourth-order valence-corrected chi connectivity index (χ4v) is 4.28. The maximum absolute atomic E-state index is 12.7. The number of nitrogens with zero attached hydrogens (tertiary/aromatic N) is 3. The van der Waals surface area contributed by atoms with Gasteiger partial charge in [-0.1, -0.05) is 47.1 Å². The van der Waals surface area contributed by atoms with Gasteiger partial charge in [-0.2, -0.15) is 0 Å². The Kier molecular flexibility index (Phi) is 7.62. The number of benzene rings is 3. The van der Waals surface area contributed by atoms with Gasteiger partial charge in [0.2, 0.25) is 5.91 Å². The number of nitrogens with one attached hydrogen (secondary N) is 1. The molecule has 0 fully saturated rings.